The first kappa shape index (κ1) is 20.2. The van der Waals surface area contributed by atoms with Crippen molar-refractivity contribution in [3.05, 3.63) is 12.2 Å². The SMILES string of the molecule is COC(=O)CC[C@@H](C)[C@H]1CC[C@H]2[C@@H]3C(=O)C[C@@H]4CC=CC[C@]4(C)[C@H]3CC[C@]12C. The third-order valence-corrected chi connectivity index (χ3v) is 9.81. The predicted octanol–water partition coefficient (Wildman–Crippen LogP) is 5.58. The number of fused-ring (bicyclic) bond motifs is 5. The lowest BCUT2D eigenvalue weighted by atomic mass is 9.45. The summed E-state index contributed by atoms with van der Waals surface area (Å²) in [5, 5.41) is 0. The summed E-state index contributed by atoms with van der Waals surface area (Å²) in [4.78, 5) is 25.0. The van der Waals surface area contributed by atoms with Gasteiger partial charge in [0.05, 0.1) is 7.11 Å². The zero-order valence-corrected chi connectivity index (χ0v) is 18.2. The summed E-state index contributed by atoms with van der Waals surface area (Å²) in [6.45, 7) is 7.28. The van der Waals surface area contributed by atoms with Crippen molar-refractivity contribution in [3.8, 4) is 0 Å². The van der Waals surface area contributed by atoms with Crippen LogP contribution in [0, 0.1) is 46.3 Å². The summed E-state index contributed by atoms with van der Waals surface area (Å²) in [5.74, 6) is 3.59. The van der Waals surface area contributed by atoms with Gasteiger partial charge in [0.1, 0.15) is 5.78 Å². The van der Waals surface area contributed by atoms with Crippen LogP contribution in [0.2, 0.25) is 0 Å². The summed E-state index contributed by atoms with van der Waals surface area (Å²) in [6, 6.07) is 0. The zero-order valence-electron chi connectivity index (χ0n) is 18.2. The first-order valence-electron chi connectivity index (χ1n) is 11.6. The molecule has 0 aliphatic heterocycles. The second-order valence-electron chi connectivity index (χ2n) is 10.8. The van der Waals surface area contributed by atoms with Gasteiger partial charge in [0, 0.05) is 18.8 Å². The van der Waals surface area contributed by atoms with Crippen LogP contribution < -0.4 is 0 Å². The van der Waals surface area contributed by atoms with E-state index in [1.165, 1.54) is 32.8 Å². The molecule has 4 aliphatic rings. The van der Waals surface area contributed by atoms with E-state index in [0.717, 1.165) is 25.7 Å². The maximum absolute atomic E-state index is 13.4. The Balaban J connectivity index is 1.55. The summed E-state index contributed by atoms with van der Waals surface area (Å²) < 4.78 is 4.85. The summed E-state index contributed by atoms with van der Waals surface area (Å²) in [7, 11) is 1.48. The molecule has 0 unspecified atom stereocenters. The van der Waals surface area contributed by atoms with Gasteiger partial charge in [-0.25, -0.2) is 0 Å². The molecule has 0 radical (unpaired) electrons. The fraction of sp³-hybridized carbons (Fsp3) is 0.840. The van der Waals surface area contributed by atoms with Crippen LogP contribution in [0.4, 0.5) is 0 Å². The predicted molar refractivity (Wildman–Crippen MR) is 111 cm³/mol. The topological polar surface area (TPSA) is 43.4 Å². The van der Waals surface area contributed by atoms with Crippen LogP contribution >= 0.6 is 0 Å². The minimum atomic E-state index is -0.0953. The highest BCUT2D eigenvalue weighted by molar-refractivity contribution is 5.83. The molecule has 0 saturated heterocycles. The number of Topliss-reactive ketones (excluding diaryl/α,β-unsaturated/α-hetero) is 1. The number of ketones is 1. The molecule has 156 valence electrons. The van der Waals surface area contributed by atoms with E-state index in [4.69, 9.17) is 4.74 Å². The van der Waals surface area contributed by atoms with Crippen LogP contribution in [0.5, 0.6) is 0 Å². The Morgan fingerprint density at radius 3 is 2.68 bits per heavy atom. The number of allylic oxidation sites excluding steroid dienone is 2. The number of hydrogen-bond acceptors (Lipinski definition) is 3. The molecule has 0 aromatic rings. The van der Waals surface area contributed by atoms with Crippen molar-refractivity contribution in [2.75, 3.05) is 7.11 Å². The van der Waals surface area contributed by atoms with Crippen molar-refractivity contribution in [1.29, 1.82) is 0 Å². The van der Waals surface area contributed by atoms with Crippen LogP contribution in [-0.4, -0.2) is 18.9 Å². The number of hydrogen-bond donors (Lipinski definition) is 0. The molecular formula is C25H38O3. The van der Waals surface area contributed by atoms with Gasteiger partial charge in [-0.2, -0.15) is 0 Å². The molecule has 3 heteroatoms. The van der Waals surface area contributed by atoms with Crippen molar-refractivity contribution in [2.45, 2.75) is 78.6 Å². The van der Waals surface area contributed by atoms with Gasteiger partial charge in [-0.05, 0) is 85.4 Å². The molecule has 28 heavy (non-hydrogen) atoms. The van der Waals surface area contributed by atoms with E-state index in [0.29, 0.717) is 47.2 Å². The van der Waals surface area contributed by atoms with E-state index in [-0.39, 0.29) is 17.3 Å². The molecule has 0 aromatic carbocycles. The highest BCUT2D eigenvalue weighted by atomic mass is 16.5. The van der Waals surface area contributed by atoms with Crippen LogP contribution in [0.1, 0.15) is 78.6 Å². The molecular weight excluding hydrogens is 348 g/mol. The lowest BCUT2D eigenvalue weighted by Gasteiger charge is -2.59. The summed E-state index contributed by atoms with van der Waals surface area (Å²) in [6.07, 6.45) is 14.1. The Labute approximate surface area is 170 Å². The summed E-state index contributed by atoms with van der Waals surface area (Å²) >= 11 is 0. The van der Waals surface area contributed by atoms with Gasteiger partial charge < -0.3 is 4.74 Å². The van der Waals surface area contributed by atoms with Crippen molar-refractivity contribution in [1.82, 2.24) is 0 Å². The third kappa shape index (κ3) is 2.99. The second-order valence-corrected chi connectivity index (χ2v) is 10.8. The number of carbonyl (C=O) groups is 2. The zero-order chi connectivity index (χ0) is 20.1. The Kier molecular flexibility index (Phi) is 5.25. The molecule has 0 heterocycles. The van der Waals surface area contributed by atoms with E-state index in [2.05, 4.69) is 32.9 Å². The van der Waals surface area contributed by atoms with Crippen LogP contribution in [-0.2, 0) is 14.3 Å². The molecule has 3 nitrogen and oxygen atoms in total. The lowest BCUT2D eigenvalue weighted by molar-refractivity contribution is -0.152. The van der Waals surface area contributed by atoms with E-state index in [9.17, 15) is 9.59 Å². The Bertz CT molecular complexity index is 667. The Morgan fingerprint density at radius 1 is 1.18 bits per heavy atom. The smallest absolute Gasteiger partial charge is 0.305 e. The van der Waals surface area contributed by atoms with E-state index in [1.807, 2.05) is 0 Å². The van der Waals surface area contributed by atoms with Crippen molar-refractivity contribution >= 4 is 11.8 Å². The molecule has 4 rings (SSSR count). The standard InChI is InChI=1S/C25H38O3/c1-16(8-11-22(27)28-4)18-9-10-19-23-20(12-14-25(18,19)3)24(2)13-6-5-7-17(24)15-21(23)26/h5-6,16-20,23H,7-15H2,1-4H3/t16-,17+,18-,19+,20+,23+,24+,25-/m1/s1. The number of carbonyl (C=O) groups excluding carboxylic acids is 2. The van der Waals surface area contributed by atoms with Gasteiger partial charge in [0.2, 0.25) is 0 Å². The van der Waals surface area contributed by atoms with E-state index in [1.54, 1.807) is 0 Å². The first-order chi connectivity index (χ1) is 13.3. The first-order valence-corrected chi connectivity index (χ1v) is 11.6. The van der Waals surface area contributed by atoms with E-state index < -0.39 is 0 Å². The number of ether oxygens (including phenoxy) is 1. The molecule has 0 bridgehead atoms. The molecule has 3 fully saturated rings. The molecule has 4 aliphatic carbocycles. The molecule has 0 N–H and O–H groups in total. The van der Waals surface area contributed by atoms with Gasteiger partial charge in [-0.3, -0.25) is 9.59 Å². The van der Waals surface area contributed by atoms with Gasteiger partial charge >= 0.3 is 5.97 Å². The largest absolute Gasteiger partial charge is 0.469 e. The average Bonchev–Trinajstić information content (AvgIpc) is 3.03. The fourth-order valence-electron chi connectivity index (χ4n) is 8.14. The lowest BCUT2D eigenvalue weighted by Crippen LogP contribution is -2.56. The average molecular weight is 387 g/mol. The highest BCUT2D eigenvalue weighted by Gasteiger charge is 2.62. The number of rotatable bonds is 4. The van der Waals surface area contributed by atoms with Gasteiger partial charge in [-0.15, -0.1) is 0 Å². The van der Waals surface area contributed by atoms with E-state index >= 15 is 0 Å². The van der Waals surface area contributed by atoms with Crippen LogP contribution in [0.3, 0.4) is 0 Å². The number of methoxy groups -OCH3 is 1. The molecule has 0 aromatic heterocycles. The van der Waals surface area contributed by atoms with Crippen LogP contribution in [0.15, 0.2) is 12.2 Å². The number of esters is 1. The Morgan fingerprint density at radius 2 is 1.93 bits per heavy atom. The maximum Gasteiger partial charge on any atom is 0.305 e. The highest BCUT2D eigenvalue weighted by Crippen LogP contribution is 2.67. The fourth-order valence-corrected chi connectivity index (χ4v) is 8.14. The third-order valence-electron chi connectivity index (χ3n) is 9.81. The minimum Gasteiger partial charge on any atom is -0.469 e. The van der Waals surface area contributed by atoms with Gasteiger partial charge in [0.25, 0.3) is 0 Å². The maximum atomic E-state index is 13.4. The van der Waals surface area contributed by atoms with Crippen molar-refractivity contribution in [3.63, 3.8) is 0 Å². The molecule has 0 amide bonds. The minimum absolute atomic E-state index is 0.0953. The van der Waals surface area contributed by atoms with Crippen molar-refractivity contribution < 1.29 is 14.3 Å². The molecule has 0 spiro atoms. The quantitative estimate of drug-likeness (QED) is 0.468. The monoisotopic (exact) mass is 386 g/mol. The summed E-state index contributed by atoms with van der Waals surface area (Å²) in [5.41, 5.74) is 0.587. The van der Waals surface area contributed by atoms with Crippen LogP contribution in [0.25, 0.3) is 0 Å². The van der Waals surface area contributed by atoms with Gasteiger partial charge in [-0.1, -0.05) is 32.9 Å². The molecule has 8 atom stereocenters. The second kappa shape index (κ2) is 7.29. The normalized spacial score (nSPS) is 45.7. The Hall–Kier alpha value is -1.12. The molecule has 3 saturated carbocycles. The van der Waals surface area contributed by atoms with Crippen molar-refractivity contribution in [2.24, 2.45) is 46.3 Å². The van der Waals surface area contributed by atoms with Gasteiger partial charge in [0.15, 0.2) is 0 Å².